The summed E-state index contributed by atoms with van der Waals surface area (Å²) in [7, 11) is 3.78. The second kappa shape index (κ2) is 8.28. The minimum atomic E-state index is -0.903. The van der Waals surface area contributed by atoms with Gasteiger partial charge in [-0.2, -0.15) is 0 Å². The number of aromatic nitrogens is 2. The minimum absolute atomic E-state index is 0.346. The zero-order valence-corrected chi connectivity index (χ0v) is 16.4. The summed E-state index contributed by atoms with van der Waals surface area (Å²) in [6.07, 6.45) is 3.93. The van der Waals surface area contributed by atoms with E-state index in [9.17, 15) is 9.90 Å². The van der Waals surface area contributed by atoms with Crippen molar-refractivity contribution in [2.24, 2.45) is 5.92 Å². The van der Waals surface area contributed by atoms with Gasteiger partial charge in [0, 0.05) is 33.8 Å². The van der Waals surface area contributed by atoms with E-state index in [-0.39, 0.29) is 0 Å². The number of thiophene rings is 1. The number of rotatable bonds is 7. The standard InChI is InChI=1S/C18H26N4O3S/c1-12-14-16(19-11-20-17(14)26-15(12)18(23)24)21(2)9-13-5-4-6-22(10-13)7-8-25-3/h11,13H,4-10H2,1-3H3,(H,23,24)/t13-/m1/s1. The molecule has 1 aliphatic rings. The SMILES string of the molecule is COCCN1CCC[C@H](CN(C)c2ncnc3sc(C(=O)O)c(C)c23)C1. The molecule has 2 aromatic rings. The van der Waals surface area contributed by atoms with E-state index in [4.69, 9.17) is 4.74 Å². The Bertz CT molecular complexity index is 779. The average molecular weight is 378 g/mol. The zero-order valence-electron chi connectivity index (χ0n) is 15.6. The number of aryl methyl sites for hydroxylation is 1. The first kappa shape index (κ1) is 19.0. The molecule has 26 heavy (non-hydrogen) atoms. The van der Waals surface area contributed by atoms with Gasteiger partial charge in [0.2, 0.25) is 0 Å². The lowest BCUT2D eigenvalue weighted by atomic mass is 9.97. The van der Waals surface area contributed by atoms with Crippen LogP contribution in [0, 0.1) is 12.8 Å². The van der Waals surface area contributed by atoms with Crippen LogP contribution >= 0.6 is 11.3 Å². The molecule has 7 nitrogen and oxygen atoms in total. The van der Waals surface area contributed by atoms with Gasteiger partial charge in [0.15, 0.2) is 0 Å². The van der Waals surface area contributed by atoms with Crippen molar-refractivity contribution in [2.75, 3.05) is 51.8 Å². The minimum Gasteiger partial charge on any atom is -0.477 e. The Hall–Kier alpha value is -1.77. The number of carboxylic acid groups (broad SMARTS) is 1. The molecule has 0 spiro atoms. The summed E-state index contributed by atoms with van der Waals surface area (Å²) in [5, 5.41) is 10.3. The van der Waals surface area contributed by atoms with Crippen LogP contribution in [0.25, 0.3) is 10.2 Å². The number of carbonyl (C=O) groups is 1. The maximum absolute atomic E-state index is 11.4. The number of hydrogen-bond donors (Lipinski definition) is 1. The Morgan fingerprint density at radius 2 is 2.31 bits per heavy atom. The van der Waals surface area contributed by atoms with Crippen molar-refractivity contribution in [3.63, 3.8) is 0 Å². The monoisotopic (exact) mass is 378 g/mol. The van der Waals surface area contributed by atoms with E-state index in [1.165, 1.54) is 30.5 Å². The number of hydrogen-bond acceptors (Lipinski definition) is 7. The molecule has 8 heteroatoms. The molecule has 3 rings (SSSR count). The van der Waals surface area contributed by atoms with E-state index >= 15 is 0 Å². The van der Waals surface area contributed by atoms with Crippen LogP contribution < -0.4 is 4.90 Å². The lowest BCUT2D eigenvalue weighted by Gasteiger charge is -2.35. The lowest BCUT2D eigenvalue weighted by molar-refractivity contribution is 0.0701. The first-order valence-corrected chi connectivity index (χ1v) is 9.72. The molecular weight excluding hydrogens is 352 g/mol. The normalized spacial score (nSPS) is 18.3. The van der Waals surface area contributed by atoms with Gasteiger partial charge in [0.05, 0.1) is 12.0 Å². The van der Waals surface area contributed by atoms with Gasteiger partial charge in [0.1, 0.15) is 21.9 Å². The molecule has 0 aromatic carbocycles. The van der Waals surface area contributed by atoms with E-state index in [2.05, 4.69) is 19.8 Å². The smallest absolute Gasteiger partial charge is 0.346 e. The Kier molecular flexibility index (Phi) is 6.05. The predicted octanol–water partition coefficient (Wildman–Crippen LogP) is 2.49. The average Bonchev–Trinajstić information content (AvgIpc) is 2.97. The molecule has 1 N–H and O–H groups in total. The van der Waals surface area contributed by atoms with Gasteiger partial charge in [-0.05, 0) is 37.8 Å². The van der Waals surface area contributed by atoms with Crippen molar-refractivity contribution in [3.8, 4) is 0 Å². The second-order valence-corrected chi connectivity index (χ2v) is 7.92. The first-order chi connectivity index (χ1) is 12.5. The molecule has 2 aromatic heterocycles. The van der Waals surface area contributed by atoms with Gasteiger partial charge in [-0.25, -0.2) is 14.8 Å². The van der Waals surface area contributed by atoms with E-state index in [1.54, 1.807) is 7.11 Å². The largest absolute Gasteiger partial charge is 0.477 e. The topological polar surface area (TPSA) is 78.8 Å². The van der Waals surface area contributed by atoms with Crippen LogP contribution in [0.5, 0.6) is 0 Å². The van der Waals surface area contributed by atoms with Crippen molar-refractivity contribution in [1.82, 2.24) is 14.9 Å². The number of piperidine rings is 1. The number of likely N-dealkylation sites (tertiary alicyclic amines) is 1. The summed E-state index contributed by atoms with van der Waals surface area (Å²) in [4.78, 5) is 25.9. The lowest BCUT2D eigenvalue weighted by Crippen LogP contribution is -2.41. The summed E-state index contributed by atoms with van der Waals surface area (Å²) in [5.74, 6) is 0.485. The Balaban J connectivity index is 1.77. The zero-order chi connectivity index (χ0) is 18.7. The molecule has 1 fully saturated rings. The van der Waals surface area contributed by atoms with Crippen LogP contribution in [-0.4, -0.2) is 72.9 Å². The maximum Gasteiger partial charge on any atom is 0.346 e. The van der Waals surface area contributed by atoms with Crippen molar-refractivity contribution >= 4 is 33.3 Å². The van der Waals surface area contributed by atoms with Crippen molar-refractivity contribution in [1.29, 1.82) is 0 Å². The van der Waals surface area contributed by atoms with Crippen LogP contribution in [0.4, 0.5) is 5.82 Å². The molecule has 0 amide bonds. The maximum atomic E-state index is 11.4. The second-order valence-electron chi connectivity index (χ2n) is 6.92. The summed E-state index contributed by atoms with van der Waals surface area (Å²) < 4.78 is 5.20. The molecule has 0 radical (unpaired) electrons. The van der Waals surface area contributed by atoms with Crippen molar-refractivity contribution in [2.45, 2.75) is 19.8 Å². The Morgan fingerprint density at radius 1 is 1.50 bits per heavy atom. The summed E-state index contributed by atoms with van der Waals surface area (Å²) in [6.45, 7) is 6.67. The molecule has 1 aliphatic heterocycles. The number of anilines is 1. The van der Waals surface area contributed by atoms with Gasteiger partial charge in [-0.3, -0.25) is 0 Å². The molecule has 0 bridgehead atoms. The fraction of sp³-hybridized carbons (Fsp3) is 0.611. The third-order valence-electron chi connectivity index (χ3n) is 5.01. The molecule has 0 saturated carbocycles. The number of fused-ring (bicyclic) bond motifs is 1. The molecular formula is C18H26N4O3S. The van der Waals surface area contributed by atoms with E-state index in [1.807, 2.05) is 14.0 Å². The molecule has 0 aliphatic carbocycles. The van der Waals surface area contributed by atoms with Gasteiger partial charge in [-0.1, -0.05) is 0 Å². The number of aromatic carboxylic acids is 1. The van der Waals surface area contributed by atoms with Crippen molar-refractivity contribution in [3.05, 3.63) is 16.8 Å². The third-order valence-corrected chi connectivity index (χ3v) is 6.20. The van der Waals surface area contributed by atoms with E-state index in [0.717, 1.165) is 54.4 Å². The highest BCUT2D eigenvalue weighted by molar-refractivity contribution is 7.20. The Morgan fingerprint density at radius 3 is 3.04 bits per heavy atom. The van der Waals surface area contributed by atoms with Gasteiger partial charge in [-0.15, -0.1) is 11.3 Å². The van der Waals surface area contributed by atoms with E-state index < -0.39 is 5.97 Å². The summed E-state index contributed by atoms with van der Waals surface area (Å²) >= 11 is 1.22. The molecule has 1 atom stereocenters. The van der Waals surface area contributed by atoms with Gasteiger partial charge < -0.3 is 19.6 Å². The fourth-order valence-corrected chi connectivity index (χ4v) is 4.73. The molecule has 0 unspecified atom stereocenters. The summed E-state index contributed by atoms with van der Waals surface area (Å²) in [5.41, 5.74) is 0.755. The van der Waals surface area contributed by atoms with Crippen LogP contribution in [0.15, 0.2) is 6.33 Å². The number of carboxylic acids is 1. The summed E-state index contributed by atoms with van der Waals surface area (Å²) in [6, 6.07) is 0. The highest BCUT2D eigenvalue weighted by Crippen LogP contribution is 2.35. The first-order valence-electron chi connectivity index (χ1n) is 8.91. The molecule has 142 valence electrons. The van der Waals surface area contributed by atoms with Crippen LogP contribution in [0.2, 0.25) is 0 Å². The van der Waals surface area contributed by atoms with Gasteiger partial charge >= 0.3 is 5.97 Å². The fourth-order valence-electron chi connectivity index (χ4n) is 3.74. The number of ether oxygens (including phenoxy) is 1. The highest BCUT2D eigenvalue weighted by Gasteiger charge is 2.24. The number of methoxy groups -OCH3 is 1. The van der Waals surface area contributed by atoms with E-state index in [0.29, 0.717) is 10.8 Å². The van der Waals surface area contributed by atoms with Gasteiger partial charge in [0.25, 0.3) is 0 Å². The third kappa shape index (κ3) is 3.97. The predicted molar refractivity (Wildman–Crippen MR) is 103 cm³/mol. The highest BCUT2D eigenvalue weighted by atomic mass is 32.1. The number of nitrogens with zero attached hydrogens (tertiary/aromatic N) is 4. The molecule has 1 saturated heterocycles. The van der Waals surface area contributed by atoms with Crippen LogP contribution in [0.3, 0.4) is 0 Å². The van der Waals surface area contributed by atoms with Crippen LogP contribution in [-0.2, 0) is 4.74 Å². The van der Waals surface area contributed by atoms with Crippen LogP contribution in [0.1, 0.15) is 28.1 Å². The molecule has 3 heterocycles. The quantitative estimate of drug-likeness (QED) is 0.793. The Labute approximate surface area is 157 Å². The van der Waals surface area contributed by atoms with Crippen molar-refractivity contribution < 1.29 is 14.6 Å².